The lowest BCUT2D eigenvalue weighted by Gasteiger charge is -2.22. The molecule has 2 heterocycles. The van der Waals surface area contributed by atoms with Gasteiger partial charge in [-0.1, -0.05) is 45.0 Å². The first-order valence-corrected chi connectivity index (χ1v) is 12.5. The third kappa shape index (κ3) is 4.86. The number of pyridine rings is 1. The highest BCUT2D eigenvalue weighted by atomic mass is 32.2. The van der Waals surface area contributed by atoms with Crippen molar-refractivity contribution in [2.24, 2.45) is 0 Å². The van der Waals surface area contributed by atoms with E-state index in [0.29, 0.717) is 0 Å². The van der Waals surface area contributed by atoms with Crippen molar-refractivity contribution >= 4 is 26.8 Å². The van der Waals surface area contributed by atoms with Gasteiger partial charge in [0.1, 0.15) is 10.9 Å². The van der Waals surface area contributed by atoms with Crippen LogP contribution in [0.5, 0.6) is 0 Å². The second-order valence-electron chi connectivity index (χ2n) is 9.48. The topological polar surface area (TPSA) is 100 Å². The van der Waals surface area contributed by atoms with Gasteiger partial charge in [0.2, 0.25) is 0 Å². The number of aromatic amines is 1. The van der Waals surface area contributed by atoms with E-state index in [1.165, 1.54) is 42.5 Å². The maximum absolute atomic E-state index is 14.0. The SMILES string of the molecule is CC(C)(C)c1cccc(S(=O)(=O)C(c2ccc(C(=O)O)cc2)c2cc3nc(C(F)(F)F)ccc3[nH]2)c1. The number of H-pyrrole nitrogens is 1. The fraction of sp³-hybridized carbons (Fsp3) is 0.231. The van der Waals surface area contributed by atoms with Gasteiger partial charge < -0.3 is 10.1 Å². The van der Waals surface area contributed by atoms with Crippen LogP contribution >= 0.6 is 0 Å². The van der Waals surface area contributed by atoms with Crippen LogP contribution in [-0.4, -0.2) is 29.5 Å². The predicted octanol–water partition coefficient (Wildman–Crippen LogP) is 6.14. The number of aromatic nitrogens is 2. The van der Waals surface area contributed by atoms with Crippen molar-refractivity contribution in [3.05, 3.63) is 94.8 Å². The van der Waals surface area contributed by atoms with E-state index < -0.39 is 32.9 Å². The lowest BCUT2D eigenvalue weighted by atomic mass is 9.87. The number of carbonyl (C=O) groups is 1. The van der Waals surface area contributed by atoms with Crippen LogP contribution in [0.2, 0.25) is 0 Å². The van der Waals surface area contributed by atoms with E-state index in [1.807, 2.05) is 26.8 Å². The average molecular weight is 517 g/mol. The van der Waals surface area contributed by atoms with Gasteiger partial charge in [-0.25, -0.2) is 18.2 Å². The molecule has 1 atom stereocenters. The smallest absolute Gasteiger partial charge is 0.433 e. The molecular formula is C26H23F3N2O4S. The number of nitrogens with zero attached hydrogens (tertiary/aromatic N) is 1. The summed E-state index contributed by atoms with van der Waals surface area (Å²) in [5.74, 6) is -1.17. The molecule has 36 heavy (non-hydrogen) atoms. The van der Waals surface area contributed by atoms with Gasteiger partial charge in [-0.3, -0.25) is 0 Å². The molecule has 0 aliphatic carbocycles. The highest BCUT2D eigenvalue weighted by Gasteiger charge is 2.35. The maximum Gasteiger partial charge on any atom is 0.433 e. The third-order valence-electron chi connectivity index (χ3n) is 5.87. The summed E-state index contributed by atoms with van der Waals surface area (Å²) in [5, 5.41) is 7.89. The van der Waals surface area contributed by atoms with Crippen LogP contribution in [0.4, 0.5) is 13.2 Å². The summed E-state index contributed by atoms with van der Waals surface area (Å²) in [6.07, 6.45) is -4.66. The van der Waals surface area contributed by atoms with Gasteiger partial charge in [0, 0.05) is 5.69 Å². The van der Waals surface area contributed by atoms with Crippen molar-refractivity contribution in [2.45, 2.75) is 42.5 Å². The number of hydrogen-bond donors (Lipinski definition) is 2. The highest BCUT2D eigenvalue weighted by molar-refractivity contribution is 7.91. The molecule has 6 nitrogen and oxygen atoms in total. The number of rotatable bonds is 5. The summed E-state index contributed by atoms with van der Waals surface area (Å²) in [6, 6.07) is 15.2. The molecule has 0 radical (unpaired) electrons. The fourth-order valence-corrected chi connectivity index (χ4v) is 5.74. The zero-order valence-electron chi connectivity index (χ0n) is 19.6. The largest absolute Gasteiger partial charge is 0.478 e. The molecule has 10 heteroatoms. The second kappa shape index (κ2) is 8.77. The van der Waals surface area contributed by atoms with Crippen LogP contribution < -0.4 is 0 Å². The Morgan fingerprint density at radius 3 is 2.22 bits per heavy atom. The molecule has 0 aliphatic heterocycles. The Kier molecular flexibility index (Phi) is 6.20. The molecular weight excluding hydrogens is 493 g/mol. The summed E-state index contributed by atoms with van der Waals surface area (Å²) in [6.45, 7) is 5.84. The summed E-state index contributed by atoms with van der Waals surface area (Å²) < 4.78 is 67.5. The summed E-state index contributed by atoms with van der Waals surface area (Å²) >= 11 is 0. The van der Waals surface area contributed by atoms with E-state index >= 15 is 0 Å². The Labute approximate surface area is 205 Å². The lowest BCUT2D eigenvalue weighted by Crippen LogP contribution is -2.18. The van der Waals surface area contributed by atoms with Crippen LogP contribution in [0.3, 0.4) is 0 Å². The van der Waals surface area contributed by atoms with Crippen LogP contribution in [0.1, 0.15) is 58.9 Å². The van der Waals surface area contributed by atoms with E-state index in [-0.39, 0.29) is 38.2 Å². The zero-order chi connectivity index (χ0) is 26.5. The van der Waals surface area contributed by atoms with Crippen molar-refractivity contribution in [1.82, 2.24) is 9.97 Å². The number of aromatic carboxylic acids is 1. The van der Waals surface area contributed by atoms with Crippen molar-refractivity contribution in [2.75, 3.05) is 0 Å². The number of sulfone groups is 1. The number of hydrogen-bond acceptors (Lipinski definition) is 4. The van der Waals surface area contributed by atoms with Gasteiger partial charge in [-0.05, 0) is 59.0 Å². The molecule has 188 valence electrons. The Balaban J connectivity index is 1.92. The molecule has 2 N–H and O–H groups in total. The number of fused-ring (bicyclic) bond motifs is 1. The molecule has 0 fully saturated rings. The Morgan fingerprint density at radius 2 is 1.64 bits per heavy atom. The molecule has 2 aromatic heterocycles. The molecule has 0 amide bonds. The number of alkyl halides is 3. The summed E-state index contributed by atoms with van der Waals surface area (Å²) in [7, 11) is -4.14. The van der Waals surface area contributed by atoms with Gasteiger partial charge in [0.25, 0.3) is 0 Å². The molecule has 1 unspecified atom stereocenters. The van der Waals surface area contributed by atoms with Crippen molar-refractivity contribution in [1.29, 1.82) is 0 Å². The van der Waals surface area contributed by atoms with Gasteiger partial charge in [0.15, 0.2) is 9.84 Å². The highest BCUT2D eigenvalue weighted by Crippen LogP contribution is 2.38. The zero-order valence-corrected chi connectivity index (χ0v) is 20.4. The monoisotopic (exact) mass is 516 g/mol. The van der Waals surface area contributed by atoms with Crippen LogP contribution in [0.25, 0.3) is 11.0 Å². The number of halogens is 3. The quantitative estimate of drug-likeness (QED) is 0.332. The number of carboxylic acids is 1. The standard InChI is InChI=1S/C26H23F3N2O4S/c1-25(2,3)17-5-4-6-18(13-17)36(34,35)23(15-7-9-16(10-8-15)24(32)33)21-14-20-19(30-21)11-12-22(31-20)26(27,28)29/h4-14,23,30H,1-3H3,(H,32,33). The first-order chi connectivity index (χ1) is 16.7. The van der Waals surface area contributed by atoms with Crippen LogP contribution in [0.15, 0.2) is 71.6 Å². The van der Waals surface area contributed by atoms with Gasteiger partial charge in [-0.2, -0.15) is 13.2 Å². The Hall–Kier alpha value is -3.66. The summed E-state index contributed by atoms with van der Waals surface area (Å²) in [5.41, 5.74) is -0.0965. The fourth-order valence-electron chi connectivity index (χ4n) is 3.93. The minimum Gasteiger partial charge on any atom is -0.478 e. The molecule has 4 aromatic rings. The lowest BCUT2D eigenvalue weighted by molar-refractivity contribution is -0.140. The van der Waals surface area contributed by atoms with E-state index in [1.54, 1.807) is 12.1 Å². The van der Waals surface area contributed by atoms with E-state index in [0.717, 1.165) is 11.6 Å². The van der Waals surface area contributed by atoms with E-state index in [4.69, 9.17) is 0 Å². The van der Waals surface area contributed by atoms with Crippen LogP contribution in [-0.2, 0) is 21.4 Å². The minimum atomic E-state index is -4.66. The van der Waals surface area contributed by atoms with Gasteiger partial charge in [0.05, 0.1) is 21.5 Å². The molecule has 2 aromatic carbocycles. The van der Waals surface area contributed by atoms with E-state index in [9.17, 15) is 31.5 Å². The minimum absolute atomic E-state index is 0.0299. The molecule has 0 saturated heterocycles. The van der Waals surface area contributed by atoms with Crippen molar-refractivity contribution < 1.29 is 31.5 Å². The van der Waals surface area contributed by atoms with Crippen molar-refractivity contribution in [3.63, 3.8) is 0 Å². The number of benzene rings is 2. The number of nitrogens with one attached hydrogen (secondary N) is 1. The molecule has 0 bridgehead atoms. The second-order valence-corrected chi connectivity index (χ2v) is 11.5. The van der Waals surface area contributed by atoms with Crippen molar-refractivity contribution in [3.8, 4) is 0 Å². The number of carboxylic acid groups (broad SMARTS) is 1. The first kappa shape index (κ1) is 25.4. The maximum atomic E-state index is 14.0. The average Bonchev–Trinajstić information content (AvgIpc) is 3.21. The Morgan fingerprint density at radius 1 is 0.972 bits per heavy atom. The van der Waals surface area contributed by atoms with E-state index in [2.05, 4.69) is 9.97 Å². The third-order valence-corrected chi connectivity index (χ3v) is 7.93. The Bertz CT molecular complexity index is 1550. The van der Waals surface area contributed by atoms with Gasteiger partial charge in [-0.15, -0.1) is 0 Å². The molecule has 0 aliphatic rings. The first-order valence-electron chi connectivity index (χ1n) is 10.9. The molecule has 0 saturated carbocycles. The van der Waals surface area contributed by atoms with Gasteiger partial charge >= 0.3 is 12.1 Å². The normalized spacial score (nSPS) is 13.6. The molecule has 4 rings (SSSR count). The predicted molar refractivity (Wildman–Crippen MR) is 129 cm³/mol. The van der Waals surface area contributed by atoms with Crippen LogP contribution in [0, 0.1) is 0 Å². The summed E-state index contributed by atoms with van der Waals surface area (Å²) in [4.78, 5) is 17.9. The molecule has 0 spiro atoms.